The quantitative estimate of drug-likeness (QED) is 0.344. The first kappa shape index (κ1) is 14.0. The molecule has 5 heteroatoms. The van der Waals surface area contributed by atoms with E-state index in [1.54, 1.807) is 4.90 Å². The van der Waals surface area contributed by atoms with Crippen LogP contribution in [0, 0.1) is 0 Å². The zero-order valence-corrected chi connectivity index (χ0v) is 10.5. The van der Waals surface area contributed by atoms with Crippen LogP contribution in [0.5, 0.6) is 0 Å². The lowest BCUT2D eigenvalue weighted by Crippen LogP contribution is -2.38. The van der Waals surface area contributed by atoms with Crippen LogP contribution in [0.3, 0.4) is 0 Å². The molecule has 3 N–H and O–H groups in total. The lowest BCUT2D eigenvalue weighted by molar-refractivity contribution is -0.130. The molecule has 0 radical (unpaired) electrons. The van der Waals surface area contributed by atoms with Crippen LogP contribution < -0.4 is 5.73 Å². The molecular weight excluding hydrogens is 230 g/mol. The van der Waals surface area contributed by atoms with Crippen molar-refractivity contribution in [2.45, 2.75) is 19.8 Å². The van der Waals surface area contributed by atoms with Gasteiger partial charge in [0.1, 0.15) is 0 Å². The molecule has 0 aliphatic carbocycles. The summed E-state index contributed by atoms with van der Waals surface area (Å²) in [5.74, 6) is 0.0536. The molecular formula is C13H19N3O2. The Kier molecular flexibility index (Phi) is 5.70. The van der Waals surface area contributed by atoms with Crippen LogP contribution in [0.4, 0.5) is 0 Å². The Morgan fingerprint density at radius 1 is 1.39 bits per heavy atom. The molecule has 0 heterocycles. The first-order valence-electron chi connectivity index (χ1n) is 5.95. The highest BCUT2D eigenvalue weighted by Crippen LogP contribution is 2.04. The number of rotatable bonds is 6. The third-order valence-electron chi connectivity index (χ3n) is 2.69. The smallest absolute Gasteiger partial charge is 0.223 e. The summed E-state index contributed by atoms with van der Waals surface area (Å²) in [6.45, 7) is 2.58. The summed E-state index contributed by atoms with van der Waals surface area (Å²) >= 11 is 0. The van der Waals surface area contributed by atoms with Crippen molar-refractivity contribution >= 4 is 11.7 Å². The second kappa shape index (κ2) is 7.32. The maximum Gasteiger partial charge on any atom is 0.223 e. The number of amidine groups is 1. The summed E-state index contributed by atoms with van der Waals surface area (Å²) in [7, 11) is 0. The van der Waals surface area contributed by atoms with Crippen molar-refractivity contribution in [3.8, 4) is 0 Å². The second-order valence-electron chi connectivity index (χ2n) is 3.98. The molecule has 0 fully saturated rings. The molecule has 0 bridgehead atoms. The number of oxime groups is 1. The number of likely N-dealkylation sites (N-methyl/N-ethyl adjacent to an activating group) is 1. The third kappa shape index (κ3) is 4.45. The van der Waals surface area contributed by atoms with E-state index in [0.717, 1.165) is 5.56 Å². The summed E-state index contributed by atoms with van der Waals surface area (Å²) in [5, 5.41) is 11.4. The van der Waals surface area contributed by atoms with Gasteiger partial charge in [-0.05, 0) is 18.9 Å². The minimum absolute atomic E-state index is 0.00736. The zero-order valence-electron chi connectivity index (χ0n) is 10.5. The van der Waals surface area contributed by atoms with Gasteiger partial charge < -0.3 is 15.8 Å². The number of aryl methyl sites for hydroxylation is 1. The van der Waals surface area contributed by atoms with E-state index in [0.29, 0.717) is 19.4 Å². The van der Waals surface area contributed by atoms with Gasteiger partial charge in [-0.1, -0.05) is 35.5 Å². The largest absolute Gasteiger partial charge is 0.409 e. The van der Waals surface area contributed by atoms with Crippen molar-refractivity contribution in [2.24, 2.45) is 10.9 Å². The minimum atomic E-state index is 0.00736. The van der Waals surface area contributed by atoms with Gasteiger partial charge >= 0.3 is 0 Å². The van der Waals surface area contributed by atoms with Crippen LogP contribution >= 0.6 is 0 Å². The normalized spacial score (nSPS) is 11.3. The number of benzene rings is 1. The van der Waals surface area contributed by atoms with Gasteiger partial charge in [0, 0.05) is 13.0 Å². The van der Waals surface area contributed by atoms with Crippen LogP contribution in [0.1, 0.15) is 18.9 Å². The maximum absolute atomic E-state index is 11.9. The van der Waals surface area contributed by atoms with Crippen LogP contribution in [-0.2, 0) is 11.2 Å². The van der Waals surface area contributed by atoms with Crippen molar-refractivity contribution in [3.05, 3.63) is 35.9 Å². The molecule has 1 aromatic rings. The van der Waals surface area contributed by atoms with Crippen molar-refractivity contribution in [1.82, 2.24) is 4.90 Å². The number of hydrogen-bond donors (Lipinski definition) is 2. The fourth-order valence-electron chi connectivity index (χ4n) is 1.66. The molecule has 0 unspecified atom stereocenters. The highest BCUT2D eigenvalue weighted by Gasteiger charge is 2.12. The topological polar surface area (TPSA) is 78.9 Å². The second-order valence-corrected chi connectivity index (χ2v) is 3.98. The molecule has 0 aliphatic heterocycles. The van der Waals surface area contributed by atoms with E-state index < -0.39 is 0 Å². The monoisotopic (exact) mass is 249 g/mol. The number of nitrogens with zero attached hydrogens (tertiary/aromatic N) is 2. The first-order chi connectivity index (χ1) is 8.67. The van der Waals surface area contributed by atoms with Crippen LogP contribution in [0.25, 0.3) is 0 Å². The predicted octanol–water partition coefficient (Wildman–Crippen LogP) is 1.21. The average Bonchev–Trinajstić information content (AvgIpc) is 2.42. The highest BCUT2D eigenvalue weighted by molar-refractivity contribution is 5.86. The van der Waals surface area contributed by atoms with Gasteiger partial charge in [0.05, 0.1) is 6.54 Å². The molecule has 0 saturated heterocycles. The SMILES string of the molecule is CCN(CC(N)=NO)C(=O)CCc1ccccc1. The summed E-state index contributed by atoms with van der Waals surface area (Å²) in [6, 6.07) is 9.84. The maximum atomic E-state index is 11.9. The molecule has 98 valence electrons. The van der Waals surface area contributed by atoms with Crippen molar-refractivity contribution in [1.29, 1.82) is 0 Å². The average molecular weight is 249 g/mol. The standard InChI is InChI=1S/C13H19N3O2/c1-2-16(10-12(14)15-18)13(17)9-8-11-6-4-3-5-7-11/h3-7,18H,2,8-10H2,1H3,(H2,14,15). The summed E-state index contributed by atoms with van der Waals surface area (Å²) in [5.41, 5.74) is 6.53. The number of hydrogen-bond acceptors (Lipinski definition) is 3. The fraction of sp³-hybridized carbons (Fsp3) is 0.385. The Labute approximate surface area is 107 Å². The molecule has 0 aliphatic rings. The van der Waals surface area contributed by atoms with Gasteiger partial charge in [0.25, 0.3) is 0 Å². The Bertz CT molecular complexity index is 404. The van der Waals surface area contributed by atoms with Gasteiger partial charge in [-0.2, -0.15) is 0 Å². The lowest BCUT2D eigenvalue weighted by atomic mass is 10.1. The van der Waals surface area contributed by atoms with Gasteiger partial charge in [0.2, 0.25) is 5.91 Å². The highest BCUT2D eigenvalue weighted by atomic mass is 16.4. The summed E-state index contributed by atoms with van der Waals surface area (Å²) < 4.78 is 0. The van der Waals surface area contributed by atoms with Crippen LogP contribution in [0.2, 0.25) is 0 Å². The summed E-state index contributed by atoms with van der Waals surface area (Å²) in [4.78, 5) is 13.5. The Morgan fingerprint density at radius 3 is 2.61 bits per heavy atom. The number of nitrogens with two attached hydrogens (primary N) is 1. The van der Waals surface area contributed by atoms with E-state index in [9.17, 15) is 4.79 Å². The van der Waals surface area contributed by atoms with Crippen LogP contribution in [-0.4, -0.2) is 34.9 Å². The van der Waals surface area contributed by atoms with E-state index >= 15 is 0 Å². The predicted molar refractivity (Wildman–Crippen MR) is 70.4 cm³/mol. The van der Waals surface area contributed by atoms with Crippen LogP contribution in [0.15, 0.2) is 35.5 Å². The Balaban J connectivity index is 2.48. The minimum Gasteiger partial charge on any atom is -0.409 e. The zero-order chi connectivity index (χ0) is 13.4. The van der Waals surface area contributed by atoms with Crippen molar-refractivity contribution < 1.29 is 10.0 Å². The number of carbonyl (C=O) groups excluding carboxylic acids is 1. The Morgan fingerprint density at radius 2 is 2.06 bits per heavy atom. The van der Waals surface area contributed by atoms with E-state index in [4.69, 9.17) is 10.9 Å². The molecule has 0 atom stereocenters. The van der Waals surface area contributed by atoms with Gasteiger partial charge in [-0.3, -0.25) is 4.79 Å². The molecule has 0 spiro atoms. The number of amides is 1. The first-order valence-corrected chi connectivity index (χ1v) is 5.95. The number of carbonyl (C=O) groups is 1. The van der Waals surface area contributed by atoms with E-state index in [-0.39, 0.29) is 18.3 Å². The third-order valence-corrected chi connectivity index (χ3v) is 2.69. The van der Waals surface area contributed by atoms with E-state index in [1.165, 1.54) is 0 Å². The van der Waals surface area contributed by atoms with Crippen molar-refractivity contribution in [2.75, 3.05) is 13.1 Å². The molecule has 18 heavy (non-hydrogen) atoms. The lowest BCUT2D eigenvalue weighted by Gasteiger charge is -2.19. The molecule has 0 saturated carbocycles. The molecule has 1 amide bonds. The molecule has 1 aromatic carbocycles. The van der Waals surface area contributed by atoms with Gasteiger partial charge in [0.15, 0.2) is 5.84 Å². The molecule has 1 rings (SSSR count). The fourth-order valence-corrected chi connectivity index (χ4v) is 1.66. The van der Waals surface area contributed by atoms with Gasteiger partial charge in [-0.15, -0.1) is 0 Å². The van der Waals surface area contributed by atoms with Crippen molar-refractivity contribution in [3.63, 3.8) is 0 Å². The molecule has 0 aromatic heterocycles. The van der Waals surface area contributed by atoms with E-state index in [1.807, 2.05) is 37.3 Å². The summed E-state index contributed by atoms with van der Waals surface area (Å²) in [6.07, 6.45) is 1.13. The Hall–Kier alpha value is -2.04. The van der Waals surface area contributed by atoms with E-state index in [2.05, 4.69) is 5.16 Å². The van der Waals surface area contributed by atoms with Gasteiger partial charge in [-0.25, -0.2) is 0 Å². The molecule has 5 nitrogen and oxygen atoms in total.